The summed E-state index contributed by atoms with van der Waals surface area (Å²) in [6, 6.07) is 0.760. The first-order valence-corrected chi connectivity index (χ1v) is 6.59. The number of hydrazine groups is 1. The number of hydrogen-bond acceptors (Lipinski definition) is 6. The van der Waals surface area contributed by atoms with Crippen LogP contribution in [0.3, 0.4) is 0 Å². The van der Waals surface area contributed by atoms with Gasteiger partial charge in [-0.2, -0.15) is 0 Å². The molecule has 1 fully saturated rings. The highest BCUT2D eigenvalue weighted by Gasteiger charge is 2.29. The van der Waals surface area contributed by atoms with Crippen LogP contribution in [0.25, 0.3) is 0 Å². The minimum Gasteiger partial charge on any atom is -0.306 e. The molecule has 0 spiro atoms. The SMILES string of the molecule is NNc1nc(Sc2n[nH]c(=O)n2C2CC2)c(F)cc1F. The summed E-state index contributed by atoms with van der Waals surface area (Å²) < 4.78 is 28.4. The summed E-state index contributed by atoms with van der Waals surface area (Å²) in [7, 11) is 0. The van der Waals surface area contributed by atoms with E-state index < -0.39 is 11.6 Å². The topological polar surface area (TPSA) is 102 Å². The molecule has 0 unspecified atom stereocenters. The van der Waals surface area contributed by atoms with Crippen molar-refractivity contribution in [2.24, 2.45) is 5.84 Å². The molecular weight excluding hydrogens is 290 g/mol. The van der Waals surface area contributed by atoms with Crippen LogP contribution in [-0.2, 0) is 0 Å². The highest BCUT2D eigenvalue weighted by atomic mass is 32.2. The predicted octanol–water partition coefficient (Wildman–Crippen LogP) is 1.02. The largest absolute Gasteiger partial charge is 0.344 e. The van der Waals surface area contributed by atoms with Crippen LogP contribution in [0.15, 0.2) is 21.0 Å². The van der Waals surface area contributed by atoms with Crippen molar-refractivity contribution in [3.63, 3.8) is 0 Å². The Morgan fingerprint density at radius 1 is 1.45 bits per heavy atom. The van der Waals surface area contributed by atoms with Crippen LogP contribution < -0.4 is 17.0 Å². The monoisotopic (exact) mass is 300 g/mol. The van der Waals surface area contributed by atoms with Crippen molar-refractivity contribution in [3.8, 4) is 0 Å². The molecule has 1 aliphatic carbocycles. The molecule has 20 heavy (non-hydrogen) atoms. The fourth-order valence-electron chi connectivity index (χ4n) is 1.73. The molecule has 0 atom stereocenters. The quantitative estimate of drug-likeness (QED) is 0.575. The van der Waals surface area contributed by atoms with Gasteiger partial charge in [0.2, 0.25) is 0 Å². The van der Waals surface area contributed by atoms with Gasteiger partial charge in [0.15, 0.2) is 22.6 Å². The summed E-state index contributed by atoms with van der Waals surface area (Å²) in [6.45, 7) is 0. The van der Waals surface area contributed by atoms with E-state index in [9.17, 15) is 13.6 Å². The first-order valence-electron chi connectivity index (χ1n) is 5.77. The molecule has 0 amide bonds. The van der Waals surface area contributed by atoms with E-state index in [-0.39, 0.29) is 22.6 Å². The summed E-state index contributed by atoms with van der Waals surface area (Å²) in [4.78, 5) is 15.3. The van der Waals surface area contributed by atoms with E-state index in [0.717, 1.165) is 24.6 Å². The molecule has 0 bridgehead atoms. The molecule has 0 aromatic carbocycles. The van der Waals surface area contributed by atoms with E-state index in [2.05, 4.69) is 15.2 Å². The second-order valence-corrected chi connectivity index (χ2v) is 5.22. The molecule has 4 N–H and O–H groups in total. The Labute approximate surface area is 115 Å². The number of H-pyrrole nitrogens is 1. The lowest BCUT2D eigenvalue weighted by Crippen LogP contribution is -2.16. The first kappa shape index (κ1) is 13.1. The van der Waals surface area contributed by atoms with Gasteiger partial charge in [-0.1, -0.05) is 0 Å². The first-order chi connectivity index (χ1) is 9.60. The molecular formula is C10H10F2N6OS. The van der Waals surface area contributed by atoms with Crippen LogP contribution in [-0.4, -0.2) is 19.7 Å². The number of nitrogen functional groups attached to an aromatic ring is 1. The van der Waals surface area contributed by atoms with Crippen LogP contribution in [0, 0.1) is 11.6 Å². The van der Waals surface area contributed by atoms with Crippen LogP contribution >= 0.6 is 11.8 Å². The average Bonchev–Trinajstić information content (AvgIpc) is 3.18. The summed E-state index contributed by atoms with van der Waals surface area (Å²) >= 11 is 0.841. The van der Waals surface area contributed by atoms with E-state index in [1.54, 1.807) is 0 Å². The van der Waals surface area contributed by atoms with Crippen molar-refractivity contribution in [1.82, 2.24) is 19.7 Å². The number of rotatable bonds is 4. The number of hydrogen-bond donors (Lipinski definition) is 3. The Hall–Kier alpha value is -1.94. The number of pyridine rings is 1. The Balaban J connectivity index is 1.97. The third-order valence-corrected chi connectivity index (χ3v) is 3.76. The number of aromatic nitrogens is 4. The summed E-state index contributed by atoms with van der Waals surface area (Å²) in [5.74, 6) is 3.08. The van der Waals surface area contributed by atoms with Gasteiger partial charge in [-0.25, -0.2) is 29.5 Å². The van der Waals surface area contributed by atoms with Gasteiger partial charge in [0.25, 0.3) is 0 Å². The molecule has 1 saturated carbocycles. The van der Waals surface area contributed by atoms with Gasteiger partial charge in [-0.05, 0) is 24.6 Å². The number of halogens is 2. The molecule has 10 heteroatoms. The van der Waals surface area contributed by atoms with Crippen molar-refractivity contribution in [2.75, 3.05) is 5.43 Å². The number of nitrogens with two attached hydrogens (primary N) is 1. The number of anilines is 1. The lowest BCUT2D eigenvalue weighted by atomic mass is 10.4. The highest BCUT2D eigenvalue weighted by molar-refractivity contribution is 7.99. The summed E-state index contributed by atoms with van der Waals surface area (Å²) in [5.41, 5.74) is 1.69. The molecule has 3 rings (SSSR count). The van der Waals surface area contributed by atoms with Crippen LogP contribution in [0.5, 0.6) is 0 Å². The smallest absolute Gasteiger partial charge is 0.306 e. The number of aromatic amines is 1. The van der Waals surface area contributed by atoms with Gasteiger partial charge in [-0.3, -0.25) is 4.57 Å². The molecule has 106 valence electrons. The molecule has 1 aliphatic rings. The van der Waals surface area contributed by atoms with Crippen molar-refractivity contribution >= 4 is 17.6 Å². The second-order valence-electron chi connectivity index (χ2n) is 4.26. The Kier molecular flexibility index (Phi) is 3.18. The zero-order valence-electron chi connectivity index (χ0n) is 10.1. The fraction of sp³-hybridized carbons (Fsp3) is 0.300. The van der Waals surface area contributed by atoms with Gasteiger partial charge in [0.05, 0.1) is 0 Å². The van der Waals surface area contributed by atoms with Crippen molar-refractivity contribution in [1.29, 1.82) is 0 Å². The Morgan fingerprint density at radius 3 is 2.85 bits per heavy atom. The number of nitrogens with zero attached hydrogens (tertiary/aromatic N) is 3. The van der Waals surface area contributed by atoms with Gasteiger partial charge in [0, 0.05) is 12.1 Å². The maximum atomic E-state index is 13.7. The molecule has 2 aromatic rings. The minimum atomic E-state index is -0.893. The third-order valence-electron chi connectivity index (χ3n) is 2.81. The molecule has 0 aliphatic heterocycles. The van der Waals surface area contributed by atoms with Crippen LogP contribution in [0.1, 0.15) is 18.9 Å². The van der Waals surface area contributed by atoms with Gasteiger partial charge >= 0.3 is 5.69 Å². The molecule has 2 heterocycles. The van der Waals surface area contributed by atoms with Gasteiger partial charge in [0.1, 0.15) is 5.03 Å². The zero-order valence-corrected chi connectivity index (χ0v) is 10.9. The lowest BCUT2D eigenvalue weighted by Gasteiger charge is -2.06. The summed E-state index contributed by atoms with van der Waals surface area (Å²) in [5, 5.41) is 6.32. The predicted molar refractivity (Wildman–Crippen MR) is 67.2 cm³/mol. The summed E-state index contributed by atoms with van der Waals surface area (Å²) in [6.07, 6.45) is 1.75. The standard InChI is InChI=1S/C10H10F2N6OS/c11-5-3-6(12)8(14-7(5)15-13)20-10-17-16-9(19)18(10)4-1-2-4/h3-4H,1-2,13H2,(H,14,15)(H,16,19). The Morgan fingerprint density at radius 2 is 2.20 bits per heavy atom. The van der Waals surface area contributed by atoms with Gasteiger partial charge in [-0.15, -0.1) is 5.10 Å². The Bertz CT molecular complexity index is 710. The van der Waals surface area contributed by atoms with Crippen LogP contribution in [0.4, 0.5) is 14.6 Å². The highest BCUT2D eigenvalue weighted by Crippen LogP contribution is 2.38. The third kappa shape index (κ3) is 2.27. The molecule has 0 radical (unpaired) electrons. The van der Waals surface area contributed by atoms with Crippen LogP contribution in [0.2, 0.25) is 0 Å². The molecule has 0 saturated heterocycles. The zero-order chi connectivity index (χ0) is 14.3. The lowest BCUT2D eigenvalue weighted by molar-refractivity contribution is 0.550. The van der Waals surface area contributed by atoms with E-state index in [1.165, 1.54) is 4.57 Å². The van der Waals surface area contributed by atoms with E-state index in [0.29, 0.717) is 11.2 Å². The molecule has 2 aromatic heterocycles. The normalized spacial score (nSPS) is 14.6. The number of nitrogens with one attached hydrogen (secondary N) is 2. The van der Waals surface area contributed by atoms with E-state index in [4.69, 9.17) is 5.84 Å². The van der Waals surface area contributed by atoms with Crippen molar-refractivity contribution in [3.05, 3.63) is 28.2 Å². The van der Waals surface area contributed by atoms with Gasteiger partial charge < -0.3 is 5.43 Å². The second kappa shape index (κ2) is 4.87. The fourth-order valence-corrected chi connectivity index (χ4v) is 2.61. The van der Waals surface area contributed by atoms with Crippen molar-refractivity contribution in [2.45, 2.75) is 29.1 Å². The molecule has 7 nitrogen and oxygen atoms in total. The van der Waals surface area contributed by atoms with E-state index in [1.807, 2.05) is 5.43 Å². The maximum absolute atomic E-state index is 13.7. The average molecular weight is 300 g/mol. The maximum Gasteiger partial charge on any atom is 0.344 e. The van der Waals surface area contributed by atoms with E-state index >= 15 is 0 Å². The van der Waals surface area contributed by atoms with Crippen molar-refractivity contribution < 1.29 is 8.78 Å². The minimum absolute atomic E-state index is 0.0827.